The summed E-state index contributed by atoms with van der Waals surface area (Å²) in [5, 5.41) is 3.36. The van der Waals surface area contributed by atoms with Crippen LogP contribution in [0.25, 0.3) is 0 Å². The van der Waals surface area contributed by atoms with Crippen molar-refractivity contribution in [3.8, 4) is 5.75 Å². The standard InChI is InChI=1S/C19H31NO3/c1-15(2)19(21)14-22-11-6-5-7-12-23-18-10-8-9-17(13-18)20-16(3)4/h8-10,13,15-16,20H,5-7,11-12,14H2,1-4H3. The maximum atomic E-state index is 11.4. The highest BCUT2D eigenvalue weighted by Gasteiger charge is 2.06. The van der Waals surface area contributed by atoms with Crippen LogP contribution in [0.15, 0.2) is 24.3 Å². The van der Waals surface area contributed by atoms with Crippen molar-refractivity contribution in [3.05, 3.63) is 24.3 Å². The highest BCUT2D eigenvalue weighted by Crippen LogP contribution is 2.18. The number of rotatable bonds is 12. The van der Waals surface area contributed by atoms with Crippen molar-refractivity contribution in [2.45, 2.75) is 53.0 Å². The lowest BCUT2D eigenvalue weighted by atomic mass is 10.1. The number of benzene rings is 1. The Labute approximate surface area is 140 Å². The topological polar surface area (TPSA) is 47.6 Å². The predicted octanol–water partition coefficient (Wildman–Crippen LogP) is 4.30. The van der Waals surface area contributed by atoms with Crippen molar-refractivity contribution in [2.75, 3.05) is 25.1 Å². The maximum Gasteiger partial charge on any atom is 0.160 e. The Kier molecular flexibility index (Phi) is 9.37. The van der Waals surface area contributed by atoms with E-state index in [1.165, 1.54) is 0 Å². The third kappa shape index (κ3) is 9.24. The third-order valence-electron chi connectivity index (χ3n) is 3.38. The molecule has 0 unspecified atom stereocenters. The molecule has 1 aromatic rings. The third-order valence-corrected chi connectivity index (χ3v) is 3.38. The summed E-state index contributed by atoms with van der Waals surface area (Å²) in [6.45, 7) is 9.62. The van der Waals surface area contributed by atoms with Gasteiger partial charge in [-0.25, -0.2) is 0 Å². The molecule has 1 N–H and O–H groups in total. The molecule has 0 amide bonds. The van der Waals surface area contributed by atoms with Gasteiger partial charge in [0.1, 0.15) is 12.4 Å². The van der Waals surface area contributed by atoms with Crippen LogP contribution in [-0.2, 0) is 9.53 Å². The molecule has 0 aliphatic carbocycles. The molecular formula is C19H31NO3. The van der Waals surface area contributed by atoms with Gasteiger partial charge in [-0.05, 0) is 45.2 Å². The van der Waals surface area contributed by atoms with Gasteiger partial charge in [-0.1, -0.05) is 19.9 Å². The van der Waals surface area contributed by atoms with Crippen molar-refractivity contribution < 1.29 is 14.3 Å². The van der Waals surface area contributed by atoms with Gasteiger partial charge in [-0.2, -0.15) is 0 Å². The summed E-state index contributed by atoms with van der Waals surface area (Å²) in [4.78, 5) is 11.4. The molecule has 0 heterocycles. The van der Waals surface area contributed by atoms with Gasteiger partial charge in [0.2, 0.25) is 0 Å². The zero-order chi connectivity index (χ0) is 17.1. The molecule has 1 rings (SSSR count). The number of hydrogen-bond acceptors (Lipinski definition) is 4. The second-order valence-electron chi connectivity index (χ2n) is 6.41. The molecule has 0 atom stereocenters. The molecule has 4 nitrogen and oxygen atoms in total. The normalized spacial score (nSPS) is 11.0. The van der Waals surface area contributed by atoms with E-state index in [2.05, 4.69) is 19.2 Å². The van der Waals surface area contributed by atoms with Gasteiger partial charge in [-0.15, -0.1) is 0 Å². The lowest BCUT2D eigenvalue weighted by Gasteiger charge is -2.12. The van der Waals surface area contributed by atoms with Crippen LogP contribution >= 0.6 is 0 Å². The van der Waals surface area contributed by atoms with Gasteiger partial charge in [0.15, 0.2) is 5.78 Å². The fraction of sp³-hybridized carbons (Fsp3) is 0.632. The number of ether oxygens (including phenoxy) is 2. The van der Waals surface area contributed by atoms with Crippen LogP contribution in [0.1, 0.15) is 47.0 Å². The summed E-state index contributed by atoms with van der Waals surface area (Å²) in [7, 11) is 0. The number of carbonyl (C=O) groups is 1. The molecule has 0 bridgehead atoms. The number of carbonyl (C=O) groups excluding carboxylic acids is 1. The second kappa shape index (κ2) is 11.1. The van der Waals surface area contributed by atoms with E-state index >= 15 is 0 Å². The van der Waals surface area contributed by atoms with E-state index in [4.69, 9.17) is 9.47 Å². The van der Waals surface area contributed by atoms with Crippen molar-refractivity contribution >= 4 is 11.5 Å². The highest BCUT2D eigenvalue weighted by atomic mass is 16.5. The smallest absolute Gasteiger partial charge is 0.160 e. The molecule has 0 spiro atoms. The van der Waals surface area contributed by atoms with E-state index in [0.29, 0.717) is 19.3 Å². The van der Waals surface area contributed by atoms with Gasteiger partial charge in [0, 0.05) is 30.3 Å². The molecular weight excluding hydrogens is 290 g/mol. The van der Waals surface area contributed by atoms with Crippen LogP contribution in [0.2, 0.25) is 0 Å². The van der Waals surface area contributed by atoms with Crippen LogP contribution in [0.4, 0.5) is 5.69 Å². The molecule has 0 aliphatic heterocycles. The average Bonchev–Trinajstić information content (AvgIpc) is 2.49. The first kappa shape index (κ1) is 19.5. The zero-order valence-corrected chi connectivity index (χ0v) is 14.9. The first-order valence-corrected chi connectivity index (χ1v) is 8.59. The first-order valence-electron chi connectivity index (χ1n) is 8.59. The van der Waals surface area contributed by atoms with Crippen molar-refractivity contribution in [2.24, 2.45) is 5.92 Å². The molecule has 130 valence electrons. The van der Waals surface area contributed by atoms with Crippen molar-refractivity contribution in [1.29, 1.82) is 0 Å². The summed E-state index contributed by atoms with van der Waals surface area (Å²) < 4.78 is 11.1. The summed E-state index contributed by atoms with van der Waals surface area (Å²) in [6, 6.07) is 8.46. The van der Waals surface area contributed by atoms with E-state index < -0.39 is 0 Å². The number of ketones is 1. The quantitative estimate of drug-likeness (QED) is 0.583. The van der Waals surface area contributed by atoms with Crippen LogP contribution < -0.4 is 10.1 Å². The van der Waals surface area contributed by atoms with Crippen LogP contribution in [0.5, 0.6) is 5.75 Å². The van der Waals surface area contributed by atoms with Gasteiger partial charge < -0.3 is 14.8 Å². The molecule has 0 aromatic heterocycles. The Hall–Kier alpha value is -1.55. The molecule has 0 radical (unpaired) electrons. The van der Waals surface area contributed by atoms with Gasteiger partial charge in [0.25, 0.3) is 0 Å². The summed E-state index contributed by atoms with van der Waals surface area (Å²) in [5.41, 5.74) is 1.08. The molecule has 0 saturated heterocycles. The summed E-state index contributed by atoms with van der Waals surface area (Å²) in [5.74, 6) is 1.13. The van der Waals surface area contributed by atoms with Crippen molar-refractivity contribution in [3.63, 3.8) is 0 Å². The molecule has 0 saturated carbocycles. The number of hydrogen-bond donors (Lipinski definition) is 1. The van der Waals surface area contributed by atoms with E-state index in [0.717, 1.165) is 30.7 Å². The monoisotopic (exact) mass is 321 g/mol. The zero-order valence-electron chi connectivity index (χ0n) is 14.9. The van der Waals surface area contributed by atoms with Gasteiger partial charge in [0.05, 0.1) is 6.61 Å². The number of Topliss-reactive ketones (excluding diaryl/α,β-unsaturated/α-hetero) is 1. The highest BCUT2D eigenvalue weighted by molar-refractivity contribution is 5.81. The molecule has 4 heteroatoms. The fourth-order valence-corrected chi connectivity index (χ4v) is 2.02. The minimum absolute atomic E-state index is 0.0596. The van der Waals surface area contributed by atoms with E-state index in [-0.39, 0.29) is 18.3 Å². The minimum Gasteiger partial charge on any atom is -0.494 e. The largest absolute Gasteiger partial charge is 0.494 e. The van der Waals surface area contributed by atoms with Crippen LogP contribution in [0.3, 0.4) is 0 Å². The number of nitrogens with one attached hydrogen (secondary N) is 1. The fourth-order valence-electron chi connectivity index (χ4n) is 2.02. The number of unbranched alkanes of at least 4 members (excludes halogenated alkanes) is 2. The molecule has 0 fully saturated rings. The lowest BCUT2D eigenvalue weighted by molar-refractivity contribution is -0.126. The Balaban J connectivity index is 2.08. The molecule has 1 aromatic carbocycles. The van der Waals surface area contributed by atoms with Gasteiger partial charge in [-0.3, -0.25) is 4.79 Å². The van der Waals surface area contributed by atoms with Gasteiger partial charge >= 0.3 is 0 Å². The van der Waals surface area contributed by atoms with Crippen molar-refractivity contribution in [1.82, 2.24) is 0 Å². The number of anilines is 1. The predicted molar refractivity (Wildman–Crippen MR) is 95.2 cm³/mol. The minimum atomic E-state index is 0.0596. The Morgan fingerprint density at radius 3 is 2.52 bits per heavy atom. The average molecular weight is 321 g/mol. The summed E-state index contributed by atoms with van der Waals surface area (Å²) in [6.07, 6.45) is 2.99. The Morgan fingerprint density at radius 1 is 1.09 bits per heavy atom. The lowest BCUT2D eigenvalue weighted by Crippen LogP contribution is -2.15. The Morgan fingerprint density at radius 2 is 1.83 bits per heavy atom. The van der Waals surface area contributed by atoms with E-state index in [1.54, 1.807) is 0 Å². The van der Waals surface area contributed by atoms with E-state index in [1.807, 2.05) is 38.1 Å². The molecule has 0 aliphatic rings. The maximum absolute atomic E-state index is 11.4. The summed E-state index contributed by atoms with van der Waals surface area (Å²) >= 11 is 0. The Bertz CT molecular complexity index is 458. The van der Waals surface area contributed by atoms with E-state index in [9.17, 15) is 4.79 Å². The second-order valence-corrected chi connectivity index (χ2v) is 6.41. The SMILES string of the molecule is CC(C)Nc1cccc(OCCCCCOCC(=O)C(C)C)c1. The van der Waals surface area contributed by atoms with Crippen LogP contribution in [0, 0.1) is 5.92 Å². The first-order chi connectivity index (χ1) is 11.0. The van der Waals surface area contributed by atoms with Crippen LogP contribution in [-0.4, -0.2) is 31.6 Å². The molecule has 23 heavy (non-hydrogen) atoms.